The molecule has 0 nitrogen and oxygen atoms in total. The highest BCUT2D eigenvalue weighted by atomic mass is 14.1. The largest absolute Gasteiger partial charge is 0.0651 e. The van der Waals surface area contributed by atoms with Gasteiger partial charge in [0, 0.05) is 0 Å². The molecule has 0 fully saturated rings. The summed E-state index contributed by atoms with van der Waals surface area (Å²) in [6.07, 6.45) is 29.6. The number of hydrogen-bond donors (Lipinski definition) is 0. The minimum atomic E-state index is 1.01. The molecule has 0 bridgehead atoms. The molecule has 0 aromatic heterocycles. The monoisotopic (exact) mass is 350 g/mol. The third kappa shape index (κ3) is 20.2. The van der Waals surface area contributed by atoms with Crippen molar-refractivity contribution < 1.29 is 0 Å². The van der Waals surface area contributed by atoms with Crippen LogP contribution in [-0.4, -0.2) is 0 Å². The predicted molar refractivity (Wildman–Crippen MR) is 117 cm³/mol. The molecule has 0 aromatic rings. The fraction of sp³-hybridized carbons (Fsp3) is 0.920. The number of rotatable bonds is 21. The summed E-state index contributed by atoms with van der Waals surface area (Å²) in [5, 5.41) is 0. The predicted octanol–water partition coefficient (Wildman–Crippen LogP) is 9.48. The fourth-order valence-corrected chi connectivity index (χ4v) is 3.89. The summed E-state index contributed by atoms with van der Waals surface area (Å²) >= 11 is 0. The van der Waals surface area contributed by atoms with Gasteiger partial charge in [0.05, 0.1) is 0 Å². The van der Waals surface area contributed by atoms with Gasteiger partial charge < -0.3 is 0 Å². The second-order valence-corrected chi connectivity index (χ2v) is 8.22. The molecule has 0 heterocycles. The molecule has 0 aliphatic carbocycles. The Morgan fingerprint density at radius 3 is 1.00 bits per heavy atom. The molecule has 2 radical (unpaired) electrons. The highest BCUT2D eigenvalue weighted by Crippen LogP contribution is 2.22. The van der Waals surface area contributed by atoms with Crippen LogP contribution in [0.25, 0.3) is 0 Å². The molecule has 0 aromatic carbocycles. The zero-order valence-corrected chi connectivity index (χ0v) is 17.8. The second-order valence-electron chi connectivity index (χ2n) is 8.22. The van der Waals surface area contributed by atoms with Crippen molar-refractivity contribution in [1.82, 2.24) is 0 Å². The standard InChI is InChI=1S/C25H50/c1-4-7-9-11-13-14-15-16-18-20-22-24-25(6-3)23-21-19-17-12-10-8-5-2/h25H,1-2,4-24H2,3H3. The van der Waals surface area contributed by atoms with Crippen LogP contribution in [0.5, 0.6) is 0 Å². The molecule has 1 unspecified atom stereocenters. The van der Waals surface area contributed by atoms with Gasteiger partial charge in [-0.3, -0.25) is 0 Å². The Labute approximate surface area is 161 Å². The molecule has 0 aliphatic rings. The highest BCUT2D eigenvalue weighted by Gasteiger charge is 2.05. The van der Waals surface area contributed by atoms with E-state index in [9.17, 15) is 0 Å². The summed E-state index contributed by atoms with van der Waals surface area (Å²) in [7, 11) is 0. The van der Waals surface area contributed by atoms with Gasteiger partial charge in [-0.1, -0.05) is 156 Å². The Morgan fingerprint density at radius 2 is 0.720 bits per heavy atom. The van der Waals surface area contributed by atoms with Crippen LogP contribution in [0.3, 0.4) is 0 Å². The third-order valence-electron chi connectivity index (χ3n) is 5.80. The van der Waals surface area contributed by atoms with Gasteiger partial charge in [-0.15, -0.1) is 0 Å². The van der Waals surface area contributed by atoms with Gasteiger partial charge in [0.25, 0.3) is 0 Å². The van der Waals surface area contributed by atoms with E-state index in [1.165, 1.54) is 122 Å². The van der Waals surface area contributed by atoms with E-state index in [0.29, 0.717) is 0 Å². The summed E-state index contributed by atoms with van der Waals surface area (Å²) in [5.74, 6) is 1.01. The van der Waals surface area contributed by atoms with E-state index < -0.39 is 0 Å². The van der Waals surface area contributed by atoms with E-state index in [2.05, 4.69) is 20.8 Å². The van der Waals surface area contributed by atoms with Crippen molar-refractivity contribution in [3.63, 3.8) is 0 Å². The van der Waals surface area contributed by atoms with Crippen molar-refractivity contribution in [3.05, 3.63) is 13.8 Å². The normalized spacial score (nSPS) is 12.6. The minimum absolute atomic E-state index is 1.01. The molecule has 0 N–H and O–H groups in total. The van der Waals surface area contributed by atoms with Crippen molar-refractivity contribution >= 4 is 0 Å². The van der Waals surface area contributed by atoms with E-state index >= 15 is 0 Å². The van der Waals surface area contributed by atoms with Gasteiger partial charge >= 0.3 is 0 Å². The Morgan fingerprint density at radius 1 is 0.440 bits per heavy atom. The lowest BCUT2D eigenvalue weighted by molar-refractivity contribution is 0.392. The van der Waals surface area contributed by atoms with Crippen LogP contribution in [-0.2, 0) is 0 Å². The first-order valence-corrected chi connectivity index (χ1v) is 11.9. The van der Waals surface area contributed by atoms with Crippen LogP contribution < -0.4 is 0 Å². The van der Waals surface area contributed by atoms with Crippen LogP contribution in [0, 0.1) is 19.8 Å². The van der Waals surface area contributed by atoms with Crippen LogP contribution in [0.4, 0.5) is 0 Å². The maximum absolute atomic E-state index is 3.92. The van der Waals surface area contributed by atoms with Gasteiger partial charge in [-0.05, 0) is 5.92 Å². The first kappa shape index (κ1) is 25.0. The maximum Gasteiger partial charge on any atom is -0.0417 e. The molecule has 25 heavy (non-hydrogen) atoms. The molecule has 150 valence electrons. The van der Waals surface area contributed by atoms with Crippen LogP contribution in [0.2, 0.25) is 0 Å². The Balaban J connectivity index is 3.26. The molecule has 0 heteroatoms. The smallest absolute Gasteiger partial charge is 0.0417 e. The molecule has 0 saturated heterocycles. The van der Waals surface area contributed by atoms with Crippen molar-refractivity contribution in [2.75, 3.05) is 0 Å². The molecule has 0 spiro atoms. The van der Waals surface area contributed by atoms with E-state index in [1.54, 1.807) is 0 Å². The average Bonchev–Trinajstić information content (AvgIpc) is 2.63. The first-order chi connectivity index (χ1) is 12.3. The quantitative estimate of drug-likeness (QED) is 0.181. The van der Waals surface area contributed by atoms with Crippen molar-refractivity contribution in [1.29, 1.82) is 0 Å². The highest BCUT2D eigenvalue weighted by molar-refractivity contribution is 4.59. The third-order valence-corrected chi connectivity index (χ3v) is 5.80. The summed E-state index contributed by atoms with van der Waals surface area (Å²) < 4.78 is 0. The topological polar surface area (TPSA) is 0 Å². The van der Waals surface area contributed by atoms with Gasteiger partial charge in [0.2, 0.25) is 0 Å². The van der Waals surface area contributed by atoms with Crippen LogP contribution >= 0.6 is 0 Å². The molecule has 0 amide bonds. The zero-order chi connectivity index (χ0) is 18.4. The van der Waals surface area contributed by atoms with Crippen molar-refractivity contribution in [3.8, 4) is 0 Å². The molecule has 0 saturated carbocycles. The lowest BCUT2D eigenvalue weighted by Gasteiger charge is -2.14. The molecule has 1 atom stereocenters. The summed E-state index contributed by atoms with van der Waals surface area (Å²) in [6, 6.07) is 0. The van der Waals surface area contributed by atoms with Crippen LogP contribution in [0.1, 0.15) is 142 Å². The first-order valence-electron chi connectivity index (χ1n) is 11.9. The maximum atomic E-state index is 3.92. The van der Waals surface area contributed by atoms with E-state index in [0.717, 1.165) is 18.8 Å². The molecule has 0 aliphatic heterocycles. The number of hydrogen-bond acceptors (Lipinski definition) is 0. The van der Waals surface area contributed by atoms with E-state index in [4.69, 9.17) is 0 Å². The van der Waals surface area contributed by atoms with E-state index in [1.807, 2.05) is 0 Å². The molecular formula is C25H50. The zero-order valence-electron chi connectivity index (χ0n) is 17.8. The minimum Gasteiger partial charge on any atom is -0.0651 e. The second kappa shape index (κ2) is 22.0. The van der Waals surface area contributed by atoms with Crippen molar-refractivity contribution in [2.24, 2.45) is 5.92 Å². The van der Waals surface area contributed by atoms with Gasteiger partial charge in [0.15, 0.2) is 0 Å². The molecule has 0 rings (SSSR count). The SMILES string of the molecule is [CH2]CCCCCCCCCCCCC(CC)CCCCCCCC[CH2]. The van der Waals surface area contributed by atoms with E-state index in [-0.39, 0.29) is 0 Å². The van der Waals surface area contributed by atoms with Gasteiger partial charge in [-0.2, -0.15) is 0 Å². The lowest BCUT2D eigenvalue weighted by Crippen LogP contribution is -1.99. The van der Waals surface area contributed by atoms with Gasteiger partial charge in [-0.25, -0.2) is 0 Å². The number of unbranched alkanes of at least 4 members (excludes halogenated alkanes) is 16. The average molecular weight is 351 g/mol. The lowest BCUT2D eigenvalue weighted by atomic mass is 9.92. The fourth-order valence-electron chi connectivity index (χ4n) is 3.89. The van der Waals surface area contributed by atoms with Crippen LogP contribution in [0.15, 0.2) is 0 Å². The van der Waals surface area contributed by atoms with Gasteiger partial charge in [0.1, 0.15) is 0 Å². The summed E-state index contributed by atoms with van der Waals surface area (Å²) in [6.45, 7) is 10.2. The van der Waals surface area contributed by atoms with Crippen molar-refractivity contribution in [2.45, 2.75) is 142 Å². The Hall–Kier alpha value is 0. The Bertz CT molecular complexity index is 220. The summed E-state index contributed by atoms with van der Waals surface area (Å²) in [5.41, 5.74) is 0. The molecular weight excluding hydrogens is 300 g/mol. The Kier molecular flexibility index (Phi) is 22.0. The summed E-state index contributed by atoms with van der Waals surface area (Å²) in [4.78, 5) is 0.